The normalized spacial score (nSPS) is 16.2. The molecule has 1 saturated carbocycles. The lowest BCUT2D eigenvalue weighted by Gasteiger charge is -2.08. The number of halogens is 1. The van der Waals surface area contributed by atoms with Gasteiger partial charge in [0.25, 0.3) is 0 Å². The first-order valence-electron chi connectivity index (χ1n) is 6.49. The molecule has 0 saturated heterocycles. The molecule has 6 heteroatoms. The van der Waals surface area contributed by atoms with Crippen LogP contribution in [0.4, 0.5) is 11.5 Å². The monoisotopic (exact) mass is 289 g/mol. The van der Waals surface area contributed by atoms with Gasteiger partial charge in [0.15, 0.2) is 11.5 Å². The lowest BCUT2D eigenvalue weighted by molar-refractivity contribution is 0.174. The molecule has 20 heavy (non-hydrogen) atoms. The van der Waals surface area contributed by atoms with Crippen LogP contribution in [0.1, 0.15) is 24.6 Å². The van der Waals surface area contributed by atoms with Gasteiger partial charge in [0.2, 0.25) is 6.79 Å². The summed E-state index contributed by atoms with van der Waals surface area (Å²) in [7, 11) is 0. The molecular weight excluding hydrogens is 278 g/mol. The van der Waals surface area contributed by atoms with E-state index in [9.17, 15) is 0 Å². The quantitative estimate of drug-likeness (QED) is 0.877. The maximum Gasteiger partial charge on any atom is 0.231 e. The Morgan fingerprint density at radius 1 is 1.10 bits per heavy atom. The van der Waals surface area contributed by atoms with Crippen LogP contribution in [-0.4, -0.2) is 16.8 Å². The summed E-state index contributed by atoms with van der Waals surface area (Å²) in [5.74, 6) is 3.48. The molecule has 1 fully saturated rings. The standard InChI is InChI=1S/C14H12ClN3O2/c15-12-6-13(18-14(17-12)8-1-2-8)16-9-3-4-10-11(5-9)20-7-19-10/h3-6,8H,1-2,7H2,(H,16,17,18). The predicted molar refractivity (Wildman–Crippen MR) is 74.9 cm³/mol. The van der Waals surface area contributed by atoms with Crippen molar-refractivity contribution in [2.45, 2.75) is 18.8 Å². The molecule has 2 heterocycles. The topological polar surface area (TPSA) is 56.3 Å². The Balaban J connectivity index is 1.62. The zero-order chi connectivity index (χ0) is 13.5. The van der Waals surface area contributed by atoms with Crippen LogP contribution in [0, 0.1) is 0 Å². The van der Waals surface area contributed by atoms with Gasteiger partial charge in [-0.15, -0.1) is 0 Å². The number of nitrogens with zero attached hydrogens (tertiary/aromatic N) is 2. The fourth-order valence-corrected chi connectivity index (χ4v) is 2.34. The third-order valence-electron chi connectivity index (χ3n) is 3.30. The summed E-state index contributed by atoms with van der Waals surface area (Å²) >= 11 is 6.05. The van der Waals surface area contributed by atoms with Crippen LogP contribution in [0.15, 0.2) is 24.3 Å². The minimum atomic E-state index is 0.268. The number of ether oxygens (including phenoxy) is 2. The average molecular weight is 290 g/mol. The minimum absolute atomic E-state index is 0.268. The Bertz CT molecular complexity index is 673. The van der Waals surface area contributed by atoms with Gasteiger partial charge < -0.3 is 14.8 Å². The summed E-state index contributed by atoms with van der Waals surface area (Å²) in [6, 6.07) is 7.39. The van der Waals surface area contributed by atoms with E-state index in [-0.39, 0.29) is 6.79 Å². The van der Waals surface area contributed by atoms with Crippen LogP contribution in [0.2, 0.25) is 5.15 Å². The smallest absolute Gasteiger partial charge is 0.231 e. The van der Waals surface area contributed by atoms with Gasteiger partial charge in [-0.05, 0) is 25.0 Å². The van der Waals surface area contributed by atoms with Crippen molar-refractivity contribution >= 4 is 23.1 Å². The highest BCUT2D eigenvalue weighted by Gasteiger charge is 2.27. The van der Waals surface area contributed by atoms with Gasteiger partial charge in [-0.3, -0.25) is 0 Å². The predicted octanol–water partition coefficient (Wildman–Crippen LogP) is 3.48. The number of benzene rings is 1. The molecule has 0 unspecified atom stereocenters. The Labute approximate surface area is 120 Å². The van der Waals surface area contributed by atoms with E-state index in [1.54, 1.807) is 6.07 Å². The van der Waals surface area contributed by atoms with E-state index in [1.807, 2.05) is 18.2 Å². The number of nitrogens with one attached hydrogen (secondary N) is 1. The van der Waals surface area contributed by atoms with Crippen molar-refractivity contribution in [3.63, 3.8) is 0 Å². The molecule has 4 rings (SSSR count). The van der Waals surface area contributed by atoms with Crippen LogP contribution in [-0.2, 0) is 0 Å². The Morgan fingerprint density at radius 3 is 2.80 bits per heavy atom. The summed E-state index contributed by atoms with van der Waals surface area (Å²) in [6.45, 7) is 0.268. The summed E-state index contributed by atoms with van der Waals surface area (Å²) in [6.07, 6.45) is 2.29. The van der Waals surface area contributed by atoms with Gasteiger partial charge in [-0.1, -0.05) is 11.6 Å². The van der Waals surface area contributed by atoms with E-state index in [1.165, 1.54) is 0 Å². The van der Waals surface area contributed by atoms with Gasteiger partial charge in [-0.25, -0.2) is 9.97 Å². The summed E-state index contributed by atoms with van der Waals surface area (Å²) < 4.78 is 10.6. The van der Waals surface area contributed by atoms with Crippen molar-refractivity contribution < 1.29 is 9.47 Å². The van der Waals surface area contributed by atoms with Crippen molar-refractivity contribution in [2.75, 3.05) is 12.1 Å². The second kappa shape index (κ2) is 4.52. The first-order chi connectivity index (χ1) is 9.78. The largest absolute Gasteiger partial charge is 0.454 e. The van der Waals surface area contributed by atoms with Crippen LogP contribution in [0.5, 0.6) is 11.5 Å². The summed E-state index contributed by atoms with van der Waals surface area (Å²) in [5.41, 5.74) is 0.880. The SMILES string of the molecule is Clc1cc(Nc2ccc3c(c2)OCO3)nc(C2CC2)n1. The third-order valence-corrected chi connectivity index (χ3v) is 3.49. The maximum absolute atomic E-state index is 6.05. The molecule has 2 aliphatic rings. The molecule has 0 amide bonds. The van der Waals surface area contributed by atoms with E-state index < -0.39 is 0 Å². The van der Waals surface area contributed by atoms with E-state index >= 15 is 0 Å². The molecular formula is C14H12ClN3O2. The van der Waals surface area contributed by atoms with E-state index in [2.05, 4.69) is 15.3 Å². The molecule has 0 radical (unpaired) electrons. The molecule has 1 aliphatic heterocycles. The molecule has 1 aliphatic carbocycles. The fourth-order valence-electron chi connectivity index (χ4n) is 2.15. The number of hydrogen-bond acceptors (Lipinski definition) is 5. The number of aromatic nitrogens is 2. The number of fused-ring (bicyclic) bond motifs is 1. The number of anilines is 2. The van der Waals surface area contributed by atoms with Crippen LogP contribution >= 0.6 is 11.6 Å². The van der Waals surface area contributed by atoms with Gasteiger partial charge >= 0.3 is 0 Å². The van der Waals surface area contributed by atoms with Gasteiger partial charge in [0, 0.05) is 23.7 Å². The zero-order valence-corrected chi connectivity index (χ0v) is 11.4. The molecule has 1 aromatic carbocycles. The van der Waals surface area contributed by atoms with E-state index in [0.717, 1.165) is 35.9 Å². The molecule has 102 valence electrons. The summed E-state index contributed by atoms with van der Waals surface area (Å²) in [5, 5.41) is 3.69. The second-order valence-corrected chi connectivity index (χ2v) is 5.29. The summed E-state index contributed by atoms with van der Waals surface area (Å²) in [4.78, 5) is 8.77. The lowest BCUT2D eigenvalue weighted by atomic mass is 10.3. The maximum atomic E-state index is 6.05. The number of hydrogen-bond donors (Lipinski definition) is 1. The highest BCUT2D eigenvalue weighted by Crippen LogP contribution is 2.39. The van der Waals surface area contributed by atoms with Gasteiger partial charge in [-0.2, -0.15) is 0 Å². The van der Waals surface area contributed by atoms with Gasteiger partial charge in [0.1, 0.15) is 16.8 Å². The Hall–Kier alpha value is -2.01. The van der Waals surface area contributed by atoms with Crippen LogP contribution in [0.3, 0.4) is 0 Å². The molecule has 1 N–H and O–H groups in total. The first-order valence-corrected chi connectivity index (χ1v) is 6.87. The van der Waals surface area contributed by atoms with E-state index in [4.69, 9.17) is 21.1 Å². The fraction of sp³-hybridized carbons (Fsp3) is 0.286. The van der Waals surface area contributed by atoms with Crippen molar-refractivity contribution in [2.24, 2.45) is 0 Å². The Kier molecular flexibility index (Phi) is 2.67. The first kappa shape index (κ1) is 11.8. The molecule has 1 aromatic heterocycles. The molecule has 0 bridgehead atoms. The van der Waals surface area contributed by atoms with E-state index in [0.29, 0.717) is 16.9 Å². The molecule has 2 aromatic rings. The number of rotatable bonds is 3. The van der Waals surface area contributed by atoms with Crippen molar-refractivity contribution in [3.05, 3.63) is 35.2 Å². The highest BCUT2D eigenvalue weighted by molar-refractivity contribution is 6.29. The Morgan fingerprint density at radius 2 is 1.95 bits per heavy atom. The second-order valence-electron chi connectivity index (χ2n) is 4.90. The zero-order valence-electron chi connectivity index (χ0n) is 10.6. The molecule has 0 spiro atoms. The van der Waals surface area contributed by atoms with Crippen LogP contribution in [0.25, 0.3) is 0 Å². The highest BCUT2D eigenvalue weighted by atomic mass is 35.5. The lowest BCUT2D eigenvalue weighted by Crippen LogP contribution is -1.99. The minimum Gasteiger partial charge on any atom is -0.454 e. The van der Waals surface area contributed by atoms with Crippen molar-refractivity contribution in [1.29, 1.82) is 0 Å². The molecule has 5 nitrogen and oxygen atoms in total. The van der Waals surface area contributed by atoms with Gasteiger partial charge in [0.05, 0.1) is 0 Å². The average Bonchev–Trinajstić information content (AvgIpc) is 3.17. The van der Waals surface area contributed by atoms with Crippen LogP contribution < -0.4 is 14.8 Å². The molecule has 0 atom stereocenters. The van der Waals surface area contributed by atoms with Crippen molar-refractivity contribution in [1.82, 2.24) is 9.97 Å². The third kappa shape index (κ3) is 2.25. The van der Waals surface area contributed by atoms with Crippen molar-refractivity contribution in [3.8, 4) is 11.5 Å².